The number of aliphatic carboxylic acids is 1. The number of carbonyl (C=O) groups excluding carboxylic acids is 4. The van der Waals surface area contributed by atoms with Gasteiger partial charge in [-0.25, -0.2) is 0 Å². The SMILES string of the molecule is NCC(=O)NC(CCC(N)=O)C(=O)NC(Cc1ccc(O)cc1)C(=O)NCC(=O)O. The van der Waals surface area contributed by atoms with Crippen LogP contribution in [0.2, 0.25) is 0 Å². The maximum absolute atomic E-state index is 12.6. The molecule has 9 N–H and O–H groups in total. The van der Waals surface area contributed by atoms with E-state index >= 15 is 0 Å². The van der Waals surface area contributed by atoms with E-state index in [9.17, 15) is 29.1 Å². The number of aromatic hydroxyl groups is 1. The number of hydrogen-bond acceptors (Lipinski definition) is 7. The minimum Gasteiger partial charge on any atom is -0.508 e. The van der Waals surface area contributed by atoms with Gasteiger partial charge in [-0.15, -0.1) is 0 Å². The predicted octanol–water partition coefficient (Wildman–Crippen LogP) is -2.67. The van der Waals surface area contributed by atoms with Gasteiger partial charge in [-0.2, -0.15) is 0 Å². The van der Waals surface area contributed by atoms with E-state index in [1.54, 1.807) is 0 Å². The number of phenolic OH excluding ortho intramolecular Hbond substituents is 1. The van der Waals surface area contributed by atoms with Gasteiger partial charge < -0.3 is 37.6 Å². The molecule has 0 saturated carbocycles. The van der Waals surface area contributed by atoms with E-state index in [0.717, 1.165) is 0 Å². The lowest BCUT2D eigenvalue weighted by Crippen LogP contribution is -2.55. The largest absolute Gasteiger partial charge is 0.508 e. The van der Waals surface area contributed by atoms with Crippen molar-refractivity contribution in [3.63, 3.8) is 0 Å². The smallest absolute Gasteiger partial charge is 0.322 e. The summed E-state index contributed by atoms with van der Waals surface area (Å²) in [5, 5.41) is 25.1. The average Bonchev–Trinajstić information content (AvgIpc) is 2.69. The highest BCUT2D eigenvalue weighted by Crippen LogP contribution is 2.12. The van der Waals surface area contributed by atoms with Crippen LogP contribution in [0.5, 0.6) is 5.75 Å². The Morgan fingerprint density at radius 2 is 1.60 bits per heavy atom. The van der Waals surface area contributed by atoms with E-state index in [-0.39, 0.29) is 25.0 Å². The molecule has 12 nitrogen and oxygen atoms in total. The lowest BCUT2D eigenvalue weighted by molar-refractivity contribution is -0.138. The van der Waals surface area contributed by atoms with Crippen LogP contribution in [0.4, 0.5) is 0 Å². The number of primary amides is 1. The third kappa shape index (κ3) is 9.01. The van der Waals surface area contributed by atoms with Gasteiger partial charge in [0.15, 0.2) is 0 Å². The minimum absolute atomic E-state index is 0.00526. The molecule has 164 valence electrons. The molecule has 0 saturated heterocycles. The van der Waals surface area contributed by atoms with E-state index < -0.39 is 54.8 Å². The van der Waals surface area contributed by atoms with Gasteiger partial charge in [0.1, 0.15) is 24.4 Å². The number of nitrogens with one attached hydrogen (secondary N) is 3. The molecule has 12 heteroatoms. The van der Waals surface area contributed by atoms with Gasteiger partial charge >= 0.3 is 5.97 Å². The summed E-state index contributed by atoms with van der Waals surface area (Å²) < 4.78 is 0. The Kier molecular flexibility index (Phi) is 9.76. The lowest BCUT2D eigenvalue weighted by atomic mass is 10.0. The zero-order valence-electron chi connectivity index (χ0n) is 16.1. The maximum Gasteiger partial charge on any atom is 0.322 e. The molecule has 0 bridgehead atoms. The van der Waals surface area contributed by atoms with Crippen molar-refractivity contribution in [2.75, 3.05) is 13.1 Å². The van der Waals surface area contributed by atoms with Gasteiger partial charge in [-0.1, -0.05) is 12.1 Å². The Bertz CT molecular complexity index is 782. The van der Waals surface area contributed by atoms with Crippen molar-refractivity contribution in [1.82, 2.24) is 16.0 Å². The van der Waals surface area contributed by atoms with Gasteiger partial charge in [0.25, 0.3) is 0 Å². The molecule has 2 atom stereocenters. The summed E-state index contributed by atoms with van der Waals surface area (Å²) in [7, 11) is 0. The summed E-state index contributed by atoms with van der Waals surface area (Å²) >= 11 is 0. The zero-order valence-corrected chi connectivity index (χ0v) is 16.1. The van der Waals surface area contributed by atoms with Crippen LogP contribution >= 0.6 is 0 Å². The second-order valence-corrected chi connectivity index (χ2v) is 6.37. The van der Waals surface area contributed by atoms with Crippen LogP contribution in [-0.2, 0) is 30.4 Å². The normalized spacial score (nSPS) is 12.3. The van der Waals surface area contributed by atoms with E-state index in [1.165, 1.54) is 24.3 Å². The third-order valence-corrected chi connectivity index (χ3v) is 3.94. The van der Waals surface area contributed by atoms with Crippen molar-refractivity contribution < 1.29 is 34.2 Å². The molecule has 1 aromatic carbocycles. The van der Waals surface area contributed by atoms with E-state index in [2.05, 4.69) is 16.0 Å². The Labute approximate surface area is 172 Å². The summed E-state index contributed by atoms with van der Waals surface area (Å²) in [6.07, 6.45) is -0.336. The summed E-state index contributed by atoms with van der Waals surface area (Å²) in [6, 6.07) is 3.47. The number of carboxylic acid groups (broad SMARTS) is 1. The van der Waals surface area contributed by atoms with Crippen molar-refractivity contribution in [1.29, 1.82) is 0 Å². The number of phenols is 1. The standard InChI is InChI=1S/C18H25N5O7/c19-8-15(26)22-12(5-6-14(20)25)18(30)23-13(17(29)21-9-16(27)28)7-10-1-3-11(24)4-2-10/h1-4,12-13,24H,5-9,19H2,(H2,20,25)(H,21,29)(H,22,26)(H,23,30)(H,27,28). The first-order chi connectivity index (χ1) is 14.1. The number of carbonyl (C=O) groups is 5. The molecular weight excluding hydrogens is 398 g/mol. The average molecular weight is 423 g/mol. The molecule has 4 amide bonds. The Balaban J connectivity index is 2.98. The van der Waals surface area contributed by atoms with Gasteiger partial charge in [0, 0.05) is 12.8 Å². The molecule has 0 aliphatic heterocycles. The number of rotatable bonds is 12. The molecular formula is C18H25N5O7. The van der Waals surface area contributed by atoms with Gasteiger partial charge in [-0.3, -0.25) is 24.0 Å². The van der Waals surface area contributed by atoms with E-state index in [1.807, 2.05) is 0 Å². The molecule has 1 rings (SSSR count). The Morgan fingerprint density at radius 3 is 2.13 bits per heavy atom. The van der Waals surface area contributed by atoms with Gasteiger partial charge in [-0.05, 0) is 24.1 Å². The fourth-order valence-corrected chi connectivity index (χ4v) is 2.44. The van der Waals surface area contributed by atoms with Crippen LogP contribution in [0.15, 0.2) is 24.3 Å². The van der Waals surface area contributed by atoms with Gasteiger partial charge in [0.2, 0.25) is 23.6 Å². The Morgan fingerprint density at radius 1 is 0.967 bits per heavy atom. The van der Waals surface area contributed by atoms with Crippen LogP contribution in [0.3, 0.4) is 0 Å². The fourth-order valence-electron chi connectivity index (χ4n) is 2.44. The monoisotopic (exact) mass is 423 g/mol. The maximum atomic E-state index is 12.6. The number of amides is 4. The van der Waals surface area contributed by atoms with E-state index in [4.69, 9.17) is 16.6 Å². The molecule has 0 radical (unpaired) electrons. The van der Waals surface area contributed by atoms with Gasteiger partial charge in [0.05, 0.1) is 6.54 Å². The number of nitrogens with two attached hydrogens (primary N) is 2. The van der Waals surface area contributed by atoms with Crippen molar-refractivity contribution >= 4 is 29.6 Å². The molecule has 0 spiro atoms. The third-order valence-electron chi connectivity index (χ3n) is 3.94. The highest BCUT2D eigenvalue weighted by atomic mass is 16.4. The molecule has 0 fully saturated rings. The van der Waals surface area contributed by atoms with Crippen molar-refractivity contribution in [3.8, 4) is 5.75 Å². The highest BCUT2D eigenvalue weighted by Gasteiger charge is 2.27. The quantitative estimate of drug-likeness (QED) is 0.188. The van der Waals surface area contributed by atoms with Crippen LogP contribution < -0.4 is 27.4 Å². The van der Waals surface area contributed by atoms with Crippen LogP contribution in [-0.4, -0.2) is 65.0 Å². The number of carboxylic acids is 1. The Hall–Kier alpha value is -3.67. The molecule has 30 heavy (non-hydrogen) atoms. The summed E-state index contributed by atoms with van der Waals surface area (Å²) in [5.74, 6) is -4.14. The summed E-state index contributed by atoms with van der Waals surface area (Å²) in [6.45, 7) is -1.05. The zero-order chi connectivity index (χ0) is 22.7. The number of hydrogen-bond donors (Lipinski definition) is 7. The molecule has 2 unspecified atom stereocenters. The molecule has 0 aromatic heterocycles. The van der Waals surface area contributed by atoms with Crippen LogP contribution in [0.1, 0.15) is 18.4 Å². The highest BCUT2D eigenvalue weighted by molar-refractivity contribution is 5.93. The van der Waals surface area contributed by atoms with Crippen molar-refractivity contribution in [3.05, 3.63) is 29.8 Å². The van der Waals surface area contributed by atoms with Crippen molar-refractivity contribution in [2.24, 2.45) is 11.5 Å². The first-order valence-corrected chi connectivity index (χ1v) is 8.98. The summed E-state index contributed by atoms with van der Waals surface area (Å²) in [4.78, 5) is 58.4. The number of benzene rings is 1. The summed E-state index contributed by atoms with van der Waals surface area (Å²) in [5.41, 5.74) is 10.9. The second kappa shape index (κ2) is 12.0. The van der Waals surface area contributed by atoms with Crippen LogP contribution in [0, 0.1) is 0 Å². The van der Waals surface area contributed by atoms with Crippen LogP contribution in [0.25, 0.3) is 0 Å². The molecule has 1 aromatic rings. The van der Waals surface area contributed by atoms with E-state index in [0.29, 0.717) is 5.56 Å². The topological polar surface area (TPSA) is 214 Å². The first-order valence-electron chi connectivity index (χ1n) is 8.98. The fraction of sp³-hybridized carbons (Fsp3) is 0.389. The second-order valence-electron chi connectivity index (χ2n) is 6.37. The minimum atomic E-state index is -1.27. The molecule has 0 heterocycles. The molecule has 0 aliphatic carbocycles. The molecule has 0 aliphatic rings. The van der Waals surface area contributed by atoms with Crippen molar-refractivity contribution in [2.45, 2.75) is 31.3 Å². The predicted molar refractivity (Wildman–Crippen MR) is 104 cm³/mol. The first kappa shape index (κ1) is 24.4. The lowest BCUT2D eigenvalue weighted by Gasteiger charge is -2.23.